The van der Waals surface area contributed by atoms with Crippen LogP contribution < -0.4 is 0 Å². The van der Waals surface area contributed by atoms with Gasteiger partial charge in [-0.2, -0.15) is 4.98 Å². The third-order valence-corrected chi connectivity index (χ3v) is 6.80. The van der Waals surface area contributed by atoms with E-state index in [9.17, 15) is 4.79 Å². The van der Waals surface area contributed by atoms with Crippen molar-refractivity contribution >= 4 is 40.9 Å². The molecule has 6 heteroatoms. The van der Waals surface area contributed by atoms with Gasteiger partial charge in [-0.05, 0) is 18.4 Å². The molecular formula is C24H20N2O2S2. The molecule has 150 valence electrons. The van der Waals surface area contributed by atoms with Gasteiger partial charge in [0.05, 0.1) is 17.7 Å². The quantitative estimate of drug-likeness (QED) is 0.165. The van der Waals surface area contributed by atoms with Crippen LogP contribution in [0.25, 0.3) is 11.1 Å². The van der Waals surface area contributed by atoms with Crippen molar-refractivity contribution in [1.82, 2.24) is 9.55 Å². The number of ketones is 1. The predicted octanol–water partition coefficient (Wildman–Crippen LogP) is 5.87. The highest BCUT2D eigenvalue weighted by Gasteiger charge is 2.24. The van der Waals surface area contributed by atoms with Crippen molar-refractivity contribution in [3.63, 3.8) is 0 Å². The molecule has 0 aliphatic heterocycles. The van der Waals surface area contributed by atoms with Gasteiger partial charge in [0.25, 0.3) is 0 Å². The minimum Gasteiger partial charge on any atom is -0.442 e. The number of Topliss-reactive ketones (excluding diaryl/α,β-unsaturated/α-hetero) is 1. The van der Waals surface area contributed by atoms with Gasteiger partial charge >= 0.3 is 0 Å². The number of benzene rings is 2. The van der Waals surface area contributed by atoms with Crippen LogP contribution in [0.5, 0.6) is 0 Å². The SMILES string of the molecule is O=C(CSc1nc2oc3c(c2c(=S)n1Cc1ccccc1)CCC3)c1ccccc1. The van der Waals surface area contributed by atoms with Gasteiger partial charge in [-0.25, -0.2) is 0 Å². The number of hydrogen-bond donors (Lipinski definition) is 0. The number of fused-ring (bicyclic) bond motifs is 3. The highest BCUT2D eigenvalue weighted by atomic mass is 32.2. The second-order valence-corrected chi connectivity index (χ2v) is 8.72. The Morgan fingerprint density at radius 2 is 1.80 bits per heavy atom. The average Bonchev–Trinajstić information content (AvgIpc) is 3.36. The normalized spacial score (nSPS) is 12.9. The minimum atomic E-state index is 0.0709. The van der Waals surface area contributed by atoms with Crippen LogP contribution in [0.1, 0.15) is 33.7 Å². The van der Waals surface area contributed by atoms with E-state index in [1.54, 1.807) is 0 Å². The van der Waals surface area contributed by atoms with E-state index in [1.165, 1.54) is 17.3 Å². The molecule has 2 heterocycles. The van der Waals surface area contributed by atoms with Gasteiger partial charge in [-0.1, -0.05) is 84.6 Å². The van der Waals surface area contributed by atoms with E-state index in [0.29, 0.717) is 28.7 Å². The van der Waals surface area contributed by atoms with Crippen molar-refractivity contribution in [1.29, 1.82) is 0 Å². The van der Waals surface area contributed by atoms with Gasteiger partial charge in [0.2, 0.25) is 5.71 Å². The topological polar surface area (TPSA) is 48.0 Å². The molecule has 30 heavy (non-hydrogen) atoms. The Bertz CT molecular complexity index is 1280. The molecule has 0 radical (unpaired) electrons. The summed E-state index contributed by atoms with van der Waals surface area (Å²) in [5.74, 6) is 1.38. The zero-order chi connectivity index (χ0) is 20.5. The van der Waals surface area contributed by atoms with E-state index in [-0.39, 0.29) is 5.78 Å². The lowest BCUT2D eigenvalue weighted by atomic mass is 10.2. The zero-order valence-corrected chi connectivity index (χ0v) is 18.0. The van der Waals surface area contributed by atoms with E-state index in [2.05, 4.69) is 12.1 Å². The Morgan fingerprint density at radius 1 is 1.07 bits per heavy atom. The van der Waals surface area contributed by atoms with Gasteiger partial charge in [-0.15, -0.1) is 0 Å². The number of aromatic nitrogens is 2. The highest BCUT2D eigenvalue weighted by Crippen LogP contribution is 2.34. The maximum Gasteiger partial charge on any atom is 0.231 e. The molecule has 0 bridgehead atoms. The summed E-state index contributed by atoms with van der Waals surface area (Å²) in [6.45, 7) is 0.616. The van der Waals surface area contributed by atoms with E-state index in [0.717, 1.165) is 40.6 Å². The molecule has 2 aromatic carbocycles. The van der Waals surface area contributed by atoms with Crippen LogP contribution in [0.3, 0.4) is 0 Å². The van der Waals surface area contributed by atoms with Gasteiger partial charge < -0.3 is 8.98 Å². The van der Waals surface area contributed by atoms with E-state index < -0.39 is 0 Å². The molecule has 0 unspecified atom stereocenters. The molecule has 0 amide bonds. The summed E-state index contributed by atoms with van der Waals surface area (Å²) in [4.78, 5) is 17.4. The van der Waals surface area contributed by atoms with Crippen LogP contribution in [-0.4, -0.2) is 21.1 Å². The number of carbonyl (C=O) groups excluding carboxylic acids is 1. The summed E-state index contributed by atoms with van der Waals surface area (Å²) in [5.41, 5.74) is 3.66. The summed E-state index contributed by atoms with van der Waals surface area (Å²) in [6.07, 6.45) is 3.02. The average molecular weight is 433 g/mol. The number of aryl methyl sites for hydroxylation is 2. The number of thioether (sulfide) groups is 1. The second-order valence-electron chi connectivity index (χ2n) is 7.39. The lowest BCUT2D eigenvalue weighted by Crippen LogP contribution is -2.10. The molecule has 5 rings (SSSR count). The maximum absolute atomic E-state index is 12.6. The van der Waals surface area contributed by atoms with Gasteiger partial charge in [-0.3, -0.25) is 4.79 Å². The predicted molar refractivity (Wildman–Crippen MR) is 122 cm³/mol. The molecule has 4 aromatic rings. The van der Waals surface area contributed by atoms with E-state index >= 15 is 0 Å². The second kappa shape index (κ2) is 8.20. The molecular weight excluding hydrogens is 412 g/mol. The first kappa shape index (κ1) is 19.3. The van der Waals surface area contributed by atoms with Crippen LogP contribution in [0.4, 0.5) is 0 Å². The third-order valence-electron chi connectivity index (χ3n) is 5.40. The van der Waals surface area contributed by atoms with Crippen LogP contribution in [-0.2, 0) is 19.4 Å². The zero-order valence-electron chi connectivity index (χ0n) is 16.3. The molecule has 2 aromatic heterocycles. The van der Waals surface area contributed by atoms with Gasteiger partial charge in [0, 0.05) is 17.5 Å². The van der Waals surface area contributed by atoms with Crippen molar-refractivity contribution in [2.45, 2.75) is 31.0 Å². The Balaban J connectivity index is 1.54. The fourth-order valence-corrected chi connectivity index (χ4v) is 5.22. The standard InChI is InChI=1S/C24H20N2O2S2/c27-19(17-10-5-2-6-11-17)15-30-24-25-22-21(18-12-7-13-20(18)28-22)23(29)26(24)14-16-8-3-1-4-9-16/h1-6,8-11H,7,12-15H2. The lowest BCUT2D eigenvalue weighted by molar-refractivity contribution is 0.102. The molecule has 0 N–H and O–H groups in total. The number of nitrogens with zero attached hydrogens (tertiary/aromatic N) is 2. The van der Waals surface area contributed by atoms with Crippen molar-refractivity contribution in [2.75, 3.05) is 5.75 Å². The summed E-state index contributed by atoms with van der Waals surface area (Å²) >= 11 is 7.33. The summed E-state index contributed by atoms with van der Waals surface area (Å²) in [5, 5.41) is 1.68. The van der Waals surface area contributed by atoms with Crippen LogP contribution in [0, 0.1) is 4.64 Å². The summed E-state index contributed by atoms with van der Waals surface area (Å²) in [6, 6.07) is 19.5. The molecule has 0 spiro atoms. The first-order valence-electron chi connectivity index (χ1n) is 10.0. The van der Waals surface area contributed by atoms with Crippen LogP contribution >= 0.6 is 24.0 Å². The monoisotopic (exact) mass is 432 g/mol. The number of carbonyl (C=O) groups is 1. The Labute approximate surface area is 183 Å². The lowest BCUT2D eigenvalue weighted by Gasteiger charge is -2.13. The van der Waals surface area contributed by atoms with Gasteiger partial charge in [0.15, 0.2) is 10.9 Å². The Kier molecular flexibility index (Phi) is 5.27. The van der Waals surface area contributed by atoms with Crippen LogP contribution in [0.15, 0.2) is 70.2 Å². The van der Waals surface area contributed by atoms with Crippen LogP contribution in [0.2, 0.25) is 0 Å². The van der Waals surface area contributed by atoms with Gasteiger partial charge in [0.1, 0.15) is 10.4 Å². The fourth-order valence-electron chi connectivity index (χ4n) is 3.91. The molecule has 0 atom stereocenters. The molecule has 4 nitrogen and oxygen atoms in total. The molecule has 0 saturated heterocycles. The van der Waals surface area contributed by atoms with E-state index in [4.69, 9.17) is 21.6 Å². The van der Waals surface area contributed by atoms with Crippen molar-refractivity contribution in [2.24, 2.45) is 0 Å². The fraction of sp³-hybridized carbons (Fsp3) is 0.208. The Hall–Kier alpha value is -2.70. The summed E-state index contributed by atoms with van der Waals surface area (Å²) < 4.78 is 8.83. The summed E-state index contributed by atoms with van der Waals surface area (Å²) in [7, 11) is 0. The smallest absolute Gasteiger partial charge is 0.231 e. The largest absolute Gasteiger partial charge is 0.442 e. The van der Waals surface area contributed by atoms with Crippen molar-refractivity contribution < 1.29 is 9.21 Å². The number of hydrogen-bond acceptors (Lipinski definition) is 5. The molecule has 0 saturated carbocycles. The molecule has 0 fully saturated rings. The number of furan rings is 1. The minimum absolute atomic E-state index is 0.0709. The van der Waals surface area contributed by atoms with E-state index in [1.807, 2.05) is 53.1 Å². The first-order chi connectivity index (χ1) is 14.7. The third kappa shape index (κ3) is 3.61. The molecule has 1 aliphatic rings. The number of rotatable bonds is 6. The highest BCUT2D eigenvalue weighted by molar-refractivity contribution is 7.99. The van der Waals surface area contributed by atoms with Crippen molar-refractivity contribution in [3.05, 3.63) is 87.8 Å². The molecule has 1 aliphatic carbocycles. The maximum atomic E-state index is 12.6. The Morgan fingerprint density at radius 3 is 2.57 bits per heavy atom. The van der Waals surface area contributed by atoms with Crippen molar-refractivity contribution in [3.8, 4) is 0 Å². The first-order valence-corrected chi connectivity index (χ1v) is 11.4.